The van der Waals surface area contributed by atoms with Crippen LogP contribution in [-0.2, 0) is 9.47 Å². The van der Waals surface area contributed by atoms with Gasteiger partial charge in [-0.1, -0.05) is 71.7 Å². The van der Waals surface area contributed by atoms with Gasteiger partial charge in [0.15, 0.2) is 12.6 Å². The molecule has 2 aromatic carbocycles. The van der Waals surface area contributed by atoms with E-state index in [0.29, 0.717) is 58.8 Å². The van der Waals surface area contributed by atoms with Crippen molar-refractivity contribution in [1.82, 2.24) is 24.8 Å². The maximum atomic E-state index is 17.9. The van der Waals surface area contributed by atoms with E-state index in [2.05, 4.69) is 62.8 Å². The number of hydrogen-bond donors (Lipinski definition) is 0. The number of aromatic nitrogens is 3. The van der Waals surface area contributed by atoms with Crippen molar-refractivity contribution in [3.63, 3.8) is 0 Å². The van der Waals surface area contributed by atoms with Gasteiger partial charge >= 0.3 is 12.1 Å². The zero-order valence-electron chi connectivity index (χ0n) is 38.2. The minimum Gasteiger partial charge on any atom is -0.468 e. The Labute approximate surface area is 367 Å². The summed E-state index contributed by atoms with van der Waals surface area (Å²) in [6.45, 7) is 22.8. The highest BCUT2D eigenvalue weighted by atomic mass is 28.3. The lowest BCUT2D eigenvalue weighted by molar-refractivity contribution is 0.0146. The van der Waals surface area contributed by atoms with Gasteiger partial charge < -0.3 is 23.8 Å². The Hall–Kier alpha value is -4.77. The van der Waals surface area contributed by atoms with E-state index in [1.165, 1.54) is 0 Å². The first-order valence-electron chi connectivity index (χ1n) is 22.5. The lowest BCUT2D eigenvalue weighted by atomic mass is 9.95. The third-order valence-electron chi connectivity index (χ3n) is 13.7. The fraction of sp³-hybridized carbons (Fsp3) is 0.551. The molecule has 8 rings (SSSR count). The number of anilines is 1. The highest BCUT2D eigenvalue weighted by molar-refractivity contribution is 6.90. The third-order valence-corrected chi connectivity index (χ3v) is 20.0. The smallest absolute Gasteiger partial charge is 0.411 e. The van der Waals surface area contributed by atoms with Crippen LogP contribution in [0, 0.1) is 17.3 Å². The van der Waals surface area contributed by atoms with Crippen LogP contribution in [0.1, 0.15) is 93.6 Å². The lowest BCUT2D eigenvalue weighted by Crippen LogP contribution is -2.57. The summed E-state index contributed by atoms with van der Waals surface area (Å²) in [4.78, 5) is 34.6. The Balaban J connectivity index is 1.27. The Morgan fingerprint density at radius 1 is 0.968 bits per heavy atom. The molecule has 4 aliphatic rings. The second-order valence-corrected chi connectivity index (χ2v) is 25.2. The number of fused-ring (bicyclic) bond motifs is 5. The summed E-state index contributed by atoms with van der Waals surface area (Å²) in [5.74, 6) is 4.11. The molecule has 2 atom stereocenters. The molecule has 0 N–H and O–H groups in total. The highest BCUT2D eigenvalue weighted by Gasteiger charge is 2.46. The van der Waals surface area contributed by atoms with Crippen molar-refractivity contribution in [2.45, 2.75) is 128 Å². The Kier molecular flexibility index (Phi) is 12.1. The highest BCUT2D eigenvalue weighted by Crippen LogP contribution is 2.43. The van der Waals surface area contributed by atoms with Crippen molar-refractivity contribution >= 4 is 41.7 Å². The van der Waals surface area contributed by atoms with Gasteiger partial charge in [-0.3, -0.25) is 14.8 Å². The predicted octanol–water partition coefficient (Wildman–Crippen LogP) is 9.91. The number of halogens is 1. The van der Waals surface area contributed by atoms with E-state index in [0.717, 1.165) is 55.1 Å². The van der Waals surface area contributed by atoms with Crippen molar-refractivity contribution in [3.05, 3.63) is 60.1 Å². The fourth-order valence-corrected chi connectivity index (χ4v) is 16.2. The molecule has 4 aliphatic heterocycles. The molecule has 3 saturated heterocycles. The van der Waals surface area contributed by atoms with E-state index in [-0.39, 0.29) is 47.7 Å². The van der Waals surface area contributed by atoms with Crippen LogP contribution >= 0.6 is 0 Å². The molecule has 2 unspecified atom stereocenters. The van der Waals surface area contributed by atoms with Crippen LogP contribution in [0.15, 0.2) is 48.7 Å². The van der Waals surface area contributed by atoms with Gasteiger partial charge in [0.25, 0.3) is 0 Å². The third kappa shape index (κ3) is 8.03. The second kappa shape index (κ2) is 17.1. The molecule has 1 amide bonds. The number of rotatable bonds is 11. The molecule has 0 radical (unpaired) electrons. The minimum atomic E-state index is -2.12. The van der Waals surface area contributed by atoms with E-state index in [1.54, 1.807) is 18.2 Å². The number of methoxy groups -OCH3 is 1. The van der Waals surface area contributed by atoms with Crippen molar-refractivity contribution in [3.8, 4) is 34.5 Å². The first-order chi connectivity index (χ1) is 29.5. The lowest BCUT2D eigenvalue weighted by Gasteiger charge is -2.42. The van der Waals surface area contributed by atoms with Gasteiger partial charge in [0.2, 0.25) is 0 Å². The number of pyridine rings is 1. The van der Waals surface area contributed by atoms with Gasteiger partial charge in [0, 0.05) is 42.9 Å². The summed E-state index contributed by atoms with van der Waals surface area (Å²) >= 11 is 0. The van der Waals surface area contributed by atoms with E-state index in [9.17, 15) is 4.79 Å². The maximum absolute atomic E-state index is 17.9. The largest absolute Gasteiger partial charge is 0.468 e. The number of piperazine rings is 1. The summed E-state index contributed by atoms with van der Waals surface area (Å²) in [6, 6.07) is 9.39. The Morgan fingerprint density at radius 3 is 2.27 bits per heavy atom. The molecule has 11 nitrogen and oxygen atoms in total. The number of carbonyl (C=O) groups is 1. The summed E-state index contributed by atoms with van der Waals surface area (Å²) in [5.41, 5.74) is 6.12. The number of benzene rings is 2. The zero-order chi connectivity index (χ0) is 44.1. The summed E-state index contributed by atoms with van der Waals surface area (Å²) in [7, 11) is -0.546. The van der Waals surface area contributed by atoms with Crippen molar-refractivity contribution in [2.75, 3.05) is 51.6 Å². The minimum absolute atomic E-state index is 0.0254. The number of ether oxygens (including phenoxy) is 4. The first-order valence-corrected chi connectivity index (χ1v) is 24.7. The average Bonchev–Trinajstić information content (AvgIpc) is 3.88. The average molecular weight is 863 g/mol. The Bertz CT molecular complexity index is 2390. The van der Waals surface area contributed by atoms with Gasteiger partial charge in [0.05, 0.1) is 23.0 Å². The quantitative estimate of drug-likeness (QED) is 0.0627. The van der Waals surface area contributed by atoms with Crippen LogP contribution in [0.3, 0.4) is 0 Å². The summed E-state index contributed by atoms with van der Waals surface area (Å²) in [6.07, 6.45) is 9.74. The van der Waals surface area contributed by atoms with Gasteiger partial charge in [-0.05, 0) is 99.8 Å². The molecule has 0 spiro atoms. The molecule has 2 bridgehead atoms. The first kappa shape index (κ1) is 43.9. The molecule has 4 aromatic rings. The second-order valence-electron chi connectivity index (χ2n) is 19.6. The van der Waals surface area contributed by atoms with Gasteiger partial charge in [-0.15, -0.1) is 5.54 Å². The van der Waals surface area contributed by atoms with Crippen molar-refractivity contribution in [2.24, 2.45) is 0 Å². The summed E-state index contributed by atoms with van der Waals surface area (Å²) < 4.78 is 41.5. The molecule has 2 aromatic heterocycles. The molecule has 330 valence electrons. The van der Waals surface area contributed by atoms with Crippen LogP contribution in [0.25, 0.3) is 32.9 Å². The Morgan fingerprint density at radius 2 is 1.65 bits per heavy atom. The van der Waals surface area contributed by atoms with Crippen molar-refractivity contribution < 1.29 is 28.1 Å². The molecule has 62 heavy (non-hydrogen) atoms. The number of amides is 1. The molecular formula is C49H63FN6O5Si. The summed E-state index contributed by atoms with van der Waals surface area (Å²) in [5, 5.41) is 2.11. The van der Waals surface area contributed by atoms with E-state index in [4.69, 9.17) is 33.9 Å². The zero-order valence-corrected chi connectivity index (χ0v) is 39.2. The van der Waals surface area contributed by atoms with Crippen LogP contribution in [0.5, 0.6) is 11.8 Å². The van der Waals surface area contributed by atoms with Gasteiger partial charge in [-0.2, -0.15) is 9.97 Å². The number of carbonyl (C=O) groups excluding carboxylic acids is 1. The van der Waals surface area contributed by atoms with E-state index < -0.39 is 19.5 Å². The van der Waals surface area contributed by atoms with Gasteiger partial charge in [0.1, 0.15) is 43.1 Å². The molecule has 6 heterocycles. The monoisotopic (exact) mass is 862 g/mol. The van der Waals surface area contributed by atoms with Crippen molar-refractivity contribution in [1.29, 1.82) is 0 Å². The normalized spacial score (nSPS) is 19.8. The molecule has 0 saturated carbocycles. The number of hydrogen-bond acceptors (Lipinski definition) is 10. The van der Waals surface area contributed by atoms with E-state index in [1.807, 2.05) is 63.3 Å². The topological polar surface area (TPSA) is 102 Å². The van der Waals surface area contributed by atoms with Crippen LogP contribution in [-0.4, -0.2) is 109 Å². The van der Waals surface area contributed by atoms with E-state index >= 15 is 4.39 Å². The standard InChI is InChI=1S/C49H63FN6O5Si/c1-31(2)62(32(3)4,33(5)6)23-18-34-14-11-15-35-24-38(60-30-58-10)25-39(41(34)35)43-42(50)44-40(26-51-43)45(53-46(52-44)59-29-49-19-12-21-55(49)22-13-20-49)54-27-36-16-17-37(28-54)56(36)47(57)61-48(7,8)9/h11,14-17,24-26,31-33,36-37H,12-13,19-22,27-30H2,1-10H3. The molecule has 3 fully saturated rings. The predicted molar refractivity (Wildman–Crippen MR) is 246 cm³/mol. The van der Waals surface area contributed by atoms with Crippen LogP contribution in [0.2, 0.25) is 16.6 Å². The number of nitrogens with zero attached hydrogens (tertiary/aromatic N) is 6. The molecular weight excluding hydrogens is 800 g/mol. The molecule has 0 aliphatic carbocycles. The fourth-order valence-electron chi connectivity index (χ4n) is 11.0. The SMILES string of the molecule is COCOc1cc(-c2ncc3c(N4CC5C=CC(C4)N5C(=O)OC(C)(C)C)nc(OCC45CCCN4CCC5)nc3c2F)c2c(C#C[Si](C(C)C)(C(C)C)C(C)C)cccc2c1. The van der Waals surface area contributed by atoms with Crippen LogP contribution < -0.4 is 14.4 Å². The molecule has 13 heteroatoms. The maximum Gasteiger partial charge on any atom is 0.411 e. The van der Waals surface area contributed by atoms with Crippen LogP contribution in [0.4, 0.5) is 15.0 Å². The van der Waals surface area contributed by atoms with Gasteiger partial charge in [-0.25, -0.2) is 9.18 Å².